The number of fused-ring (bicyclic) bond motifs is 13. The van der Waals surface area contributed by atoms with Crippen molar-refractivity contribution in [1.82, 2.24) is 9.13 Å². The van der Waals surface area contributed by atoms with E-state index in [9.17, 15) is 5.48 Å². The van der Waals surface area contributed by atoms with E-state index in [1.807, 2.05) is 30.3 Å². The van der Waals surface area contributed by atoms with Gasteiger partial charge < -0.3 is 9.13 Å². The molecule has 0 saturated carbocycles. The quantitative estimate of drug-likeness (QED) is 0.183. The van der Waals surface area contributed by atoms with Gasteiger partial charge in [0, 0.05) is 32.9 Å². The largest absolute Gasteiger partial charge is 0.307 e. The maximum atomic E-state index is 9.51. The van der Waals surface area contributed by atoms with Crippen molar-refractivity contribution in [2.75, 3.05) is 0 Å². The summed E-state index contributed by atoms with van der Waals surface area (Å²) in [5.74, 6) is 0. The van der Waals surface area contributed by atoms with Gasteiger partial charge in [-0.15, -0.1) is 0 Å². The van der Waals surface area contributed by atoms with E-state index >= 15 is 0 Å². The summed E-state index contributed by atoms with van der Waals surface area (Å²) in [4.78, 5) is 0. The molecule has 0 atom stereocenters. The average Bonchev–Trinajstić information content (AvgIpc) is 3.75. The number of nitrogens with zero attached hydrogens (tertiary/aromatic N) is 2. The van der Waals surface area contributed by atoms with Crippen LogP contribution in [0.5, 0.6) is 0 Å². The lowest BCUT2D eigenvalue weighted by Crippen LogP contribution is -1.98. The van der Waals surface area contributed by atoms with Crippen molar-refractivity contribution in [1.29, 1.82) is 0 Å². The number of aromatic nitrogens is 2. The van der Waals surface area contributed by atoms with Gasteiger partial charge in [-0.3, -0.25) is 0 Å². The van der Waals surface area contributed by atoms with Crippen LogP contribution >= 0.6 is 0 Å². The molecule has 0 amide bonds. The van der Waals surface area contributed by atoms with Crippen LogP contribution < -0.4 is 0 Å². The van der Waals surface area contributed by atoms with Crippen LogP contribution in [0.2, 0.25) is 0 Å². The third-order valence-electron chi connectivity index (χ3n) is 8.61. The fraction of sp³-hybridized carbons (Fsp3) is 0. The normalized spacial score (nSPS) is 15.9. The summed E-state index contributed by atoms with van der Waals surface area (Å²) in [6.45, 7) is 0. The van der Waals surface area contributed by atoms with E-state index in [1.165, 1.54) is 0 Å². The van der Waals surface area contributed by atoms with Crippen LogP contribution in [0, 0.1) is 0 Å². The Kier molecular flexibility index (Phi) is 3.02. The molecular formula is C42H26N2. The van der Waals surface area contributed by atoms with Gasteiger partial charge in [0.15, 0.2) is 0 Å². The number of para-hydroxylation sites is 3. The molecule has 0 aliphatic rings. The number of benzene rings is 8. The fourth-order valence-corrected chi connectivity index (χ4v) is 6.81. The smallest absolute Gasteiger partial charge is 0.0788 e. The van der Waals surface area contributed by atoms with E-state index in [1.54, 1.807) is 63.7 Å². The van der Waals surface area contributed by atoms with Gasteiger partial charge in [0.05, 0.1) is 38.5 Å². The van der Waals surface area contributed by atoms with Crippen molar-refractivity contribution in [2.24, 2.45) is 0 Å². The highest BCUT2D eigenvalue weighted by Crippen LogP contribution is 2.43. The molecule has 0 fully saturated rings. The van der Waals surface area contributed by atoms with Crippen LogP contribution in [0.4, 0.5) is 0 Å². The van der Waals surface area contributed by atoms with Crippen molar-refractivity contribution in [3.8, 4) is 11.4 Å². The Labute approximate surface area is 270 Å². The Hall–Kier alpha value is -5.86. The predicted molar refractivity (Wildman–Crippen MR) is 188 cm³/mol. The minimum atomic E-state index is -0.508. The number of hydrogen-bond donors (Lipinski definition) is 0. The molecule has 0 aliphatic heterocycles. The standard InChI is InChI=1S/C42H26N2/c1-2-12-27(13-3-1)43-39-20-10-8-18-34(39)36-24-25-37-35-19-9-11-21-40(35)44(42(37)41(36)43)28-22-23-33-31-16-5-4-14-29(31)30-15-6-7-17-32(30)38(33)26-28/h1-26H/i4D,6D,8D,9D,10D,11D,18D,19D,20D,21D,24D,25D. The minimum Gasteiger partial charge on any atom is -0.307 e. The first-order valence-corrected chi connectivity index (χ1v) is 14.2. The van der Waals surface area contributed by atoms with Gasteiger partial charge in [-0.05, 0) is 68.7 Å². The Balaban J connectivity index is 1.52. The van der Waals surface area contributed by atoms with Crippen molar-refractivity contribution in [3.63, 3.8) is 0 Å². The first-order valence-electron chi connectivity index (χ1n) is 20.2. The molecule has 2 aromatic heterocycles. The van der Waals surface area contributed by atoms with Crippen molar-refractivity contribution in [3.05, 3.63) is 157 Å². The molecule has 0 unspecified atom stereocenters. The second-order valence-corrected chi connectivity index (χ2v) is 10.8. The number of hydrogen-bond acceptors (Lipinski definition) is 0. The van der Waals surface area contributed by atoms with E-state index in [2.05, 4.69) is 0 Å². The topological polar surface area (TPSA) is 9.86 Å². The summed E-state index contributed by atoms with van der Waals surface area (Å²) >= 11 is 0. The monoisotopic (exact) mass is 570 g/mol. The van der Waals surface area contributed by atoms with Gasteiger partial charge in [-0.2, -0.15) is 0 Å². The van der Waals surface area contributed by atoms with E-state index in [-0.39, 0.29) is 73.8 Å². The van der Waals surface area contributed by atoms with Crippen LogP contribution in [0.3, 0.4) is 0 Å². The molecule has 44 heavy (non-hydrogen) atoms. The van der Waals surface area contributed by atoms with Crippen molar-refractivity contribution in [2.45, 2.75) is 0 Å². The second kappa shape index (κ2) is 8.82. The Morgan fingerprint density at radius 3 is 1.50 bits per heavy atom. The average molecular weight is 571 g/mol. The Morgan fingerprint density at radius 1 is 0.341 bits per heavy atom. The molecule has 0 spiro atoms. The summed E-state index contributed by atoms with van der Waals surface area (Å²) in [6.07, 6.45) is 0. The molecule has 0 aliphatic carbocycles. The molecule has 0 N–H and O–H groups in total. The summed E-state index contributed by atoms with van der Waals surface area (Å²) in [6, 6.07) is 21.6. The summed E-state index contributed by atoms with van der Waals surface area (Å²) < 4.78 is 110. The first kappa shape index (κ1) is 15.0. The summed E-state index contributed by atoms with van der Waals surface area (Å²) in [5, 5.41) is 5.06. The molecule has 2 heteroatoms. The van der Waals surface area contributed by atoms with Crippen LogP contribution in [0.25, 0.3) is 87.3 Å². The zero-order chi connectivity index (χ0) is 39.2. The molecule has 2 heterocycles. The maximum Gasteiger partial charge on any atom is 0.0788 e. The second-order valence-electron chi connectivity index (χ2n) is 10.8. The van der Waals surface area contributed by atoms with Crippen LogP contribution in [0.1, 0.15) is 16.4 Å². The van der Waals surface area contributed by atoms with E-state index in [4.69, 9.17) is 11.0 Å². The van der Waals surface area contributed by atoms with Crippen LogP contribution in [-0.4, -0.2) is 9.13 Å². The highest BCUT2D eigenvalue weighted by Gasteiger charge is 2.21. The van der Waals surface area contributed by atoms with Crippen LogP contribution in [-0.2, 0) is 0 Å². The molecule has 204 valence electrons. The predicted octanol–water partition coefficient (Wildman–Crippen LogP) is 11.3. The molecule has 10 aromatic rings. The van der Waals surface area contributed by atoms with E-state index in [0.29, 0.717) is 23.5 Å². The SMILES string of the molecule is [2H]c1ccc2c3ccc(-n4c5c([2H])c([2H])c([2H])c([2H])c5c5c([2H])c([2H])c6c7c([2H])c([2H])c([2H])c([2H])c7n(-c7ccccc7)c6c54)cc3c3ccc([2H])cc3c2c1. The number of rotatable bonds is 2. The van der Waals surface area contributed by atoms with E-state index in [0.717, 1.165) is 32.3 Å². The molecule has 0 bridgehead atoms. The van der Waals surface area contributed by atoms with Gasteiger partial charge in [-0.1, -0.05) is 121 Å². The molecule has 8 aromatic carbocycles. The van der Waals surface area contributed by atoms with E-state index < -0.39 is 30.2 Å². The minimum absolute atomic E-state index is 0.0288. The molecule has 2 nitrogen and oxygen atoms in total. The van der Waals surface area contributed by atoms with Gasteiger partial charge in [0.25, 0.3) is 0 Å². The lowest BCUT2D eigenvalue weighted by atomic mass is 9.94. The zero-order valence-electron chi connectivity index (χ0n) is 35.0. The fourth-order valence-electron chi connectivity index (χ4n) is 6.81. The highest BCUT2D eigenvalue weighted by molar-refractivity contribution is 6.27. The van der Waals surface area contributed by atoms with Crippen molar-refractivity contribution >= 4 is 75.9 Å². The van der Waals surface area contributed by atoms with Gasteiger partial charge in [0.1, 0.15) is 0 Å². The molecule has 0 radical (unpaired) electrons. The molecule has 0 saturated heterocycles. The van der Waals surface area contributed by atoms with Gasteiger partial charge in [-0.25, -0.2) is 0 Å². The summed E-state index contributed by atoms with van der Waals surface area (Å²) in [5.41, 5.74) is 1.59. The molecule has 10 rings (SSSR count). The lowest BCUT2D eigenvalue weighted by Gasteiger charge is -2.15. The Bertz CT molecular complexity index is 3440. The molecular weight excluding hydrogens is 532 g/mol. The Morgan fingerprint density at radius 2 is 0.864 bits per heavy atom. The first-order chi connectivity index (χ1) is 26.8. The van der Waals surface area contributed by atoms with Gasteiger partial charge >= 0.3 is 0 Å². The lowest BCUT2D eigenvalue weighted by molar-refractivity contribution is 1.15. The summed E-state index contributed by atoms with van der Waals surface area (Å²) in [7, 11) is 0. The van der Waals surface area contributed by atoms with Gasteiger partial charge in [0.2, 0.25) is 0 Å². The van der Waals surface area contributed by atoms with Crippen LogP contribution in [0.15, 0.2) is 157 Å². The van der Waals surface area contributed by atoms with Crippen molar-refractivity contribution < 1.29 is 16.4 Å². The third-order valence-corrected chi connectivity index (χ3v) is 8.61. The zero-order valence-corrected chi connectivity index (χ0v) is 23.0. The highest BCUT2D eigenvalue weighted by atomic mass is 15.0. The maximum absolute atomic E-state index is 9.51. The third kappa shape index (κ3) is 3.09.